The van der Waals surface area contributed by atoms with Gasteiger partial charge in [0.2, 0.25) is 5.91 Å². The summed E-state index contributed by atoms with van der Waals surface area (Å²) in [6.45, 7) is 12.7. The number of para-hydroxylation sites is 1. The van der Waals surface area contributed by atoms with Crippen molar-refractivity contribution in [3.63, 3.8) is 0 Å². The van der Waals surface area contributed by atoms with Crippen LogP contribution in [0.4, 0.5) is 5.82 Å². The Labute approximate surface area is 212 Å². The Hall–Kier alpha value is -1.81. The van der Waals surface area contributed by atoms with Crippen molar-refractivity contribution in [1.82, 2.24) is 19.2 Å². The molecule has 186 valence electrons. The summed E-state index contributed by atoms with van der Waals surface area (Å²) in [7, 11) is 0. The fourth-order valence-corrected chi connectivity index (χ4v) is 6.37. The first kappa shape index (κ1) is 26.8. The molecular weight excluding hydrogens is 464 g/mol. The number of allylic oxidation sites excluding steroid dienone is 1. The topological polar surface area (TPSA) is 87.4 Å². The Morgan fingerprint density at radius 3 is 2.59 bits per heavy atom. The van der Waals surface area contributed by atoms with Crippen LogP contribution in [0.15, 0.2) is 35.7 Å². The van der Waals surface area contributed by atoms with Gasteiger partial charge >= 0.3 is 0 Å². The van der Waals surface area contributed by atoms with E-state index in [0.29, 0.717) is 16.9 Å². The first-order valence-corrected chi connectivity index (χ1v) is 14.0. The minimum absolute atomic E-state index is 0.0630. The minimum Gasteiger partial charge on any atom is -0.368 e. The standard InChI is InChI=1S/C23H32N6OS2.C2H6/c1-16(2)21(22(24)30)27-23-17-7-3-4-8-18(17)25-19(26-23)15-28-10-12-29(13-11-28)32-20-9-5-6-14-31-20;1-2/h3-4,6-8,14,16,20-21H,5,9-13,15H2,1-2H3,(H2,24,30)(H,25,26,27);1-2H3/t20?,21-;/m0./s1. The number of carbonyl (C=O) groups excluding carboxylic acids is 1. The van der Waals surface area contributed by atoms with E-state index in [1.165, 1.54) is 12.8 Å². The van der Waals surface area contributed by atoms with Gasteiger partial charge in [-0.2, -0.15) is 0 Å². The Morgan fingerprint density at radius 2 is 1.94 bits per heavy atom. The van der Waals surface area contributed by atoms with Crippen molar-refractivity contribution in [1.29, 1.82) is 0 Å². The summed E-state index contributed by atoms with van der Waals surface area (Å²) in [5, 5.41) is 6.43. The zero-order valence-electron chi connectivity index (χ0n) is 20.7. The third kappa shape index (κ3) is 7.34. The molecule has 1 aromatic heterocycles. The molecule has 2 aliphatic rings. The Bertz CT molecular complexity index is 962. The highest BCUT2D eigenvalue weighted by atomic mass is 32.2. The largest absolute Gasteiger partial charge is 0.368 e. The van der Waals surface area contributed by atoms with Crippen LogP contribution >= 0.6 is 23.7 Å². The first-order chi connectivity index (χ1) is 16.5. The van der Waals surface area contributed by atoms with E-state index in [9.17, 15) is 4.79 Å². The Kier molecular flexibility index (Phi) is 10.5. The number of nitrogens with zero attached hydrogens (tertiary/aromatic N) is 4. The molecule has 1 fully saturated rings. The van der Waals surface area contributed by atoms with Gasteiger partial charge in [0.15, 0.2) is 0 Å². The summed E-state index contributed by atoms with van der Waals surface area (Å²) < 4.78 is 3.14. The van der Waals surface area contributed by atoms with Gasteiger partial charge in [-0.25, -0.2) is 14.3 Å². The number of nitrogens with two attached hydrogens (primary N) is 1. The van der Waals surface area contributed by atoms with Crippen molar-refractivity contribution >= 4 is 46.3 Å². The molecule has 3 N–H and O–H groups in total. The van der Waals surface area contributed by atoms with Crippen molar-refractivity contribution in [2.45, 2.75) is 57.7 Å². The second kappa shape index (κ2) is 13.3. The number of fused-ring (bicyclic) bond motifs is 1. The van der Waals surface area contributed by atoms with Crippen LogP contribution < -0.4 is 11.1 Å². The lowest BCUT2D eigenvalue weighted by Gasteiger charge is -2.35. The highest BCUT2D eigenvalue weighted by molar-refractivity contribution is 8.17. The number of nitrogens with one attached hydrogen (secondary N) is 1. The summed E-state index contributed by atoms with van der Waals surface area (Å²) in [4.78, 5) is 24.0. The fourth-order valence-electron chi connectivity index (χ4n) is 3.97. The molecule has 0 aliphatic carbocycles. The number of hydrogen-bond donors (Lipinski definition) is 2. The number of aromatic nitrogens is 2. The zero-order chi connectivity index (χ0) is 24.5. The molecule has 2 aliphatic heterocycles. The van der Waals surface area contributed by atoms with E-state index in [2.05, 4.69) is 26.0 Å². The van der Waals surface area contributed by atoms with Gasteiger partial charge in [0.05, 0.1) is 16.6 Å². The molecule has 1 aromatic carbocycles. The Morgan fingerprint density at radius 1 is 1.21 bits per heavy atom. The highest BCUT2D eigenvalue weighted by Gasteiger charge is 2.24. The molecule has 0 bridgehead atoms. The number of anilines is 1. The average molecular weight is 503 g/mol. The molecule has 2 aromatic rings. The predicted octanol–water partition coefficient (Wildman–Crippen LogP) is 4.71. The van der Waals surface area contributed by atoms with E-state index in [-0.39, 0.29) is 11.8 Å². The predicted molar refractivity (Wildman–Crippen MR) is 147 cm³/mol. The van der Waals surface area contributed by atoms with Gasteiger partial charge in [0.1, 0.15) is 17.7 Å². The first-order valence-electron chi connectivity index (χ1n) is 12.3. The quantitative estimate of drug-likeness (QED) is 0.502. The van der Waals surface area contributed by atoms with Gasteiger partial charge in [-0.1, -0.05) is 57.9 Å². The molecule has 1 unspecified atom stereocenters. The number of amides is 1. The van der Waals surface area contributed by atoms with Gasteiger partial charge in [-0.15, -0.1) is 11.8 Å². The maximum absolute atomic E-state index is 12.0. The van der Waals surface area contributed by atoms with Crippen molar-refractivity contribution < 1.29 is 4.79 Å². The van der Waals surface area contributed by atoms with Crippen LogP contribution in [-0.4, -0.2) is 61.9 Å². The number of benzene rings is 1. The molecule has 2 atom stereocenters. The minimum atomic E-state index is -0.478. The lowest BCUT2D eigenvalue weighted by Crippen LogP contribution is -2.43. The van der Waals surface area contributed by atoms with Gasteiger partial charge in [0, 0.05) is 31.6 Å². The number of piperazine rings is 1. The highest BCUT2D eigenvalue weighted by Crippen LogP contribution is 2.35. The normalized spacial score (nSPS) is 20.1. The van der Waals surface area contributed by atoms with Crippen LogP contribution in [0.1, 0.15) is 46.4 Å². The molecule has 1 amide bonds. The van der Waals surface area contributed by atoms with Crippen LogP contribution in [0.5, 0.6) is 0 Å². The lowest BCUT2D eigenvalue weighted by molar-refractivity contribution is -0.119. The van der Waals surface area contributed by atoms with E-state index in [1.54, 1.807) is 0 Å². The van der Waals surface area contributed by atoms with Crippen LogP contribution in [0, 0.1) is 5.92 Å². The zero-order valence-corrected chi connectivity index (χ0v) is 22.4. The molecule has 1 saturated heterocycles. The molecule has 4 rings (SSSR count). The van der Waals surface area contributed by atoms with Crippen LogP contribution in [-0.2, 0) is 11.3 Å². The number of primary amides is 1. The maximum atomic E-state index is 12.0. The lowest BCUT2D eigenvalue weighted by atomic mass is 10.0. The molecule has 7 nitrogen and oxygen atoms in total. The smallest absolute Gasteiger partial charge is 0.240 e. The Balaban J connectivity index is 0.00000158. The summed E-state index contributed by atoms with van der Waals surface area (Å²) in [6.07, 6.45) is 4.70. The van der Waals surface area contributed by atoms with Crippen LogP contribution in [0.25, 0.3) is 10.9 Å². The van der Waals surface area contributed by atoms with E-state index < -0.39 is 6.04 Å². The van der Waals surface area contributed by atoms with Gasteiger partial charge in [-0.05, 0) is 36.3 Å². The van der Waals surface area contributed by atoms with Gasteiger partial charge in [0.25, 0.3) is 0 Å². The van der Waals surface area contributed by atoms with Crippen molar-refractivity contribution in [3.8, 4) is 0 Å². The third-order valence-corrected chi connectivity index (χ3v) is 8.39. The van der Waals surface area contributed by atoms with E-state index in [4.69, 9.17) is 15.7 Å². The van der Waals surface area contributed by atoms with Crippen LogP contribution in [0.3, 0.4) is 0 Å². The van der Waals surface area contributed by atoms with Crippen molar-refractivity contribution in [2.24, 2.45) is 11.7 Å². The number of rotatable bonds is 8. The van der Waals surface area contributed by atoms with Gasteiger partial charge < -0.3 is 11.1 Å². The number of carbonyl (C=O) groups is 1. The van der Waals surface area contributed by atoms with Crippen molar-refractivity contribution in [3.05, 3.63) is 41.6 Å². The molecular formula is C25H38N6OS2. The summed E-state index contributed by atoms with van der Waals surface area (Å²) in [5.41, 5.74) is 6.51. The molecule has 0 saturated carbocycles. The van der Waals surface area contributed by atoms with Crippen LogP contribution in [0.2, 0.25) is 0 Å². The van der Waals surface area contributed by atoms with E-state index in [0.717, 1.165) is 42.9 Å². The van der Waals surface area contributed by atoms with Gasteiger partial charge in [-0.3, -0.25) is 9.69 Å². The summed E-state index contributed by atoms with van der Waals surface area (Å²) >= 11 is 3.94. The molecule has 3 heterocycles. The molecule has 9 heteroatoms. The van der Waals surface area contributed by atoms with Crippen molar-refractivity contribution in [2.75, 3.05) is 31.5 Å². The number of hydrogen-bond acceptors (Lipinski definition) is 8. The maximum Gasteiger partial charge on any atom is 0.240 e. The van der Waals surface area contributed by atoms with E-state index in [1.807, 2.05) is 75.7 Å². The SMILES string of the molecule is CC.CC(C)[C@H](Nc1nc(CN2CCN(SC3CCC=CS3)CC2)nc2ccccc12)C(N)=O. The molecule has 0 spiro atoms. The second-order valence-corrected chi connectivity index (χ2v) is 11.3. The van der Waals surface area contributed by atoms with E-state index >= 15 is 0 Å². The molecule has 0 radical (unpaired) electrons. The second-order valence-electron chi connectivity index (χ2n) is 8.60. The third-order valence-electron chi connectivity index (χ3n) is 5.77. The molecule has 34 heavy (non-hydrogen) atoms. The monoisotopic (exact) mass is 502 g/mol. The fraction of sp³-hybridized carbons (Fsp3) is 0.560. The number of thioether (sulfide) groups is 1. The summed E-state index contributed by atoms with van der Waals surface area (Å²) in [6, 6.07) is 7.43. The summed E-state index contributed by atoms with van der Waals surface area (Å²) in [5.74, 6) is 1.14. The average Bonchev–Trinajstić information content (AvgIpc) is 2.85.